The molecule has 0 aliphatic heterocycles. The van der Waals surface area contributed by atoms with Crippen molar-refractivity contribution in [1.82, 2.24) is 20.3 Å². The van der Waals surface area contributed by atoms with Crippen LogP contribution in [0, 0.1) is 0 Å². The first kappa shape index (κ1) is 17.3. The van der Waals surface area contributed by atoms with Crippen molar-refractivity contribution in [3.8, 4) is 5.75 Å². The van der Waals surface area contributed by atoms with Gasteiger partial charge >= 0.3 is 0 Å². The summed E-state index contributed by atoms with van der Waals surface area (Å²) in [5, 5.41) is 7.73. The summed E-state index contributed by atoms with van der Waals surface area (Å²) >= 11 is 0. The molecule has 0 fully saturated rings. The molecule has 9 heteroatoms. The number of hydrazine groups is 1. The first-order chi connectivity index (χ1) is 11.2. The minimum absolute atomic E-state index is 0.0742. The van der Waals surface area contributed by atoms with E-state index in [0.717, 1.165) is 4.68 Å². The van der Waals surface area contributed by atoms with E-state index in [9.17, 15) is 9.59 Å². The van der Waals surface area contributed by atoms with E-state index in [2.05, 4.69) is 21.0 Å². The van der Waals surface area contributed by atoms with Gasteiger partial charge in [0.1, 0.15) is 11.4 Å². The molecule has 1 aromatic heterocycles. The number of rotatable bonds is 4. The van der Waals surface area contributed by atoms with Crippen molar-refractivity contribution in [3.63, 3.8) is 0 Å². The van der Waals surface area contributed by atoms with E-state index >= 15 is 0 Å². The molecule has 1 amide bonds. The van der Waals surface area contributed by atoms with Gasteiger partial charge in [-0.25, -0.2) is 0 Å². The number of benzene rings is 1. The Bertz CT molecular complexity index is 792. The van der Waals surface area contributed by atoms with Crippen molar-refractivity contribution in [2.45, 2.75) is 26.2 Å². The van der Waals surface area contributed by atoms with Crippen LogP contribution in [0.1, 0.15) is 36.8 Å². The molecule has 128 valence electrons. The number of ether oxygens (including phenoxy) is 1. The van der Waals surface area contributed by atoms with Gasteiger partial charge < -0.3 is 10.6 Å². The summed E-state index contributed by atoms with van der Waals surface area (Å²) in [4.78, 5) is 24.2. The zero-order chi connectivity index (χ0) is 17.9. The van der Waals surface area contributed by atoms with Crippen molar-refractivity contribution in [2.75, 3.05) is 18.4 Å². The number of carbonyl (C=O) groups excluding carboxylic acids is 1. The minimum Gasteiger partial charge on any atom is -0.497 e. The molecule has 0 aliphatic rings. The molecular formula is C15H20N6O3. The molecule has 9 nitrogen and oxygen atoms in total. The Morgan fingerprint density at radius 1 is 1.21 bits per heavy atom. The summed E-state index contributed by atoms with van der Waals surface area (Å²) in [6, 6.07) is 6.51. The highest BCUT2D eigenvalue weighted by Crippen LogP contribution is 2.15. The van der Waals surface area contributed by atoms with E-state index in [1.165, 1.54) is 7.11 Å². The molecule has 0 saturated heterocycles. The lowest BCUT2D eigenvalue weighted by Gasteiger charge is -2.17. The summed E-state index contributed by atoms with van der Waals surface area (Å²) in [5.41, 5.74) is 4.55. The van der Waals surface area contributed by atoms with Crippen LogP contribution in [0.25, 0.3) is 0 Å². The van der Waals surface area contributed by atoms with Gasteiger partial charge in [0.15, 0.2) is 0 Å². The number of nitrogens with zero attached hydrogens (tertiary/aromatic N) is 3. The highest BCUT2D eigenvalue weighted by Gasteiger charge is 2.22. The quantitative estimate of drug-likeness (QED) is 0.547. The molecule has 1 heterocycles. The summed E-state index contributed by atoms with van der Waals surface area (Å²) < 4.78 is 5.83. The Morgan fingerprint density at radius 3 is 2.38 bits per heavy atom. The molecule has 0 radical (unpaired) electrons. The van der Waals surface area contributed by atoms with E-state index in [1.54, 1.807) is 24.3 Å². The van der Waals surface area contributed by atoms with E-state index in [-0.39, 0.29) is 11.6 Å². The maximum absolute atomic E-state index is 12.2. The van der Waals surface area contributed by atoms with Crippen LogP contribution in [0.5, 0.6) is 5.75 Å². The van der Waals surface area contributed by atoms with E-state index in [0.29, 0.717) is 11.3 Å². The summed E-state index contributed by atoms with van der Waals surface area (Å²) in [5.74, 6) is 5.85. The number of carbonyl (C=O) groups is 1. The third kappa shape index (κ3) is 3.62. The molecule has 2 aromatic rings. The molecule has 24 heavy (non-hydrogen) atoms. The maximum atomic E-state index is 12.2. The Morgan fingerprint density at radius 2 is 1.83 bits per heavy atom. The number of hydrogen-bond donors (Lipinski definition) is 3. The number of methoxy groups -OCH3 is 1. The van der Waals surface area contributed by atoms with Crippen LogP contribution in [0.15, 0.2) is 29.1 Å². The predicted octanol–water partition coefficient (Wildman–Crippen LogP) is 0.415. The maximum Gasteiger partial charge on any atom is 0.295 e. The van der Waals surface area contributed by atoms with Gasteiger partial charge in [-0.15, -0.1) is 10.2 Å². The Labute approximate surface area is 138 Å². The SMILES string of the molecule is COc1ccc(C(=O)NNc2nnc(C(C)(C)C)c(=O)n2N)cc1. The van der Waals surface area contributed by atoms with Gasteiger partial charge in [0, 0.05) is 11.0 Å². The van der Waals surface area contributed by atoms with Crippen LogP contribution in [0.2, 0.25) is 0 Å². The molecule has 1 aromatic carbocycles. The van der Waals surface area contributed by atoms with Crippen molar-refractivity contribution >= 4 is 11.9 Å². The van der Waals surface area contributed by atoms with Crippen LogP contribution < -0.4 is 27.0 Å². The zero-order valence-corrected chi connectivity index (χ0v) is 14.0. The minimum atomic E-state index is -0.490. The van der Waals surface area contributed by atoms with Crippen molar-refractivity contribution in [2.24, 2.45) is 0 Å². The number of nitrogens with one attached hydrogen (secondary N) is 2. The molecule has 0 unspecified atom stereocenters. The second-order valence-corrected chi connectivity index (χ2v) is 6.10. The summed E-state index contributed by atoms with van der Waals surface area (Å²) in [7, 11) is 1.54. The Hall–Kier alpha value is -3.10. The molecular weight excluding hydrogens is 312 g/mol. The van der Waals surface area contributed by atoms with Gasteiger partial charge in [-0.2, -0.15) is 4.68 Å². The molecule has 0 bridgehead atoms. The summed E-state index contributed by atoms with van der Waals surface area (Å²) in [6.45, 7) is 5.49. The van der Waals surface area contributed by atoms with E-state index in [4.69, 9.17) is 10.6 Å². The number of aromatic nitrogens is 3. The largest absolute Gasteiger partial charge is 0.497 e. The second kappa shape index (κ2) is 6.57. The van der Waals surface area contributed by atoms with Gasteiger partial charge in [0.2, 0.25) is 0 Å². The standard InChI is InChI=1S/C15H20N6O3/c1-15(2,3)11-13(23)21(16)14(19-17-11)20-18-12(22)9-5-7-10(24-4)8-6-9/h5-8H,16H2,1-4H3,(H,18,22)(H,19,20). The lowest BCUT2D eigenvalue weighted by atomic mass is 9.93. The number of anilines is 1. The lowest BCUT2D eigenvalue weighted by molar-refractivity contribution is 0.0962. The topological polar surface area (TPSA) is 124 Å². The van der Waals surface area contributed by atoms with E-state index < -0.39 is 16.9 Å². The Balaban J connectivity index is 2.13. The van der Waals surface area contributed by atoms with Gasteiger partial charge in [-0.3, -0.25) is 20.4 Å². The van der Waals surface area contributed by atoms with Gasteiger partial charge in [-0.05, 0) is 24.3 Å². The first-order valence-electron chi connectivity index (χ1n) is 7.19. The van der Waals surface area contributed by atoms with Crippen LogP contribution in [0.3, 0.4) is 0 Å². The average molecular weight is 332 g/mol. The van der Waals surface area contributed by atoms with Crippen molar-refractivity contribution < 1.29 is 9.53 Å². The zero-order valence-electron chi connectivity index (χ0n) is 14.0. The number of nitrogens with two attached hydrogens (primary N) is 1. The van der Waals surface area contributed by atoms with Gasteiger partial charge in [0.05, 0.1) is 7.11 Å². The molecule has 0 aliphatic carbocycles. The highest BCUT2D eigenvalue weighted by atomic mass is 16.5. The van der Waals surface area contributed by atoms with Crippen molar-refractivity contribution in [1.29, 1.82) is 0 Å². The predicted molar refractivity (Wildman–Crippen MR) is 89.2 cm³/mol. The molecule has 4 N–H and O–H groups in total. The van der Waals surface area contributed by atoms with Crippen LogP contribution in [-0.4, -0.2) is 27.9 Å². The number of hydrogen-bond acceptors (Lipinski definition) is 7. The van der Waals surface area contributed by atoms with Gasteiger partial charge in [0.25, 0.3) is 17.4 Å². The monoisotopic (exact) mass is 332 g/mol. The molecule has 0 saturated carbocycles. The number of nitrogen functional groups attached to an aromatic ring is 1. The lowest BCUT2D eigenvalue weighted by Crippen LogP contribution is -2.41. The fourth-order valence-corrected chi connectivity index (χ4v) is 1.88. The molecule has 0 spiro atoms. The highest BCUT2D eigenvalue weighted by molar-refractivity contribution is 5.94. The first-order valence-corrected chi connectivity index (χ1v) is 7.19. The van der Waals surface area contributed by atoms with E-state index in [1.807, 2.05) is 20.8 Å². The second-order valence-electron chi connectivity index (χ2n) is 6.10. The van der Waals surface area contributed by atoms with Crippen molar-refractivity contribution in [3.05, 3.63) is 45.9 Å². The molecule has 0 atom stereocenters. The van der Waals surface area contributed by atoms with Crippen LogP contribution in [0.4, 0.5) is 5.95 Å². The smallest absolute Gasteiger partial charge is 0.295 e. The third-order valence-electron chi connectivity index (χ3n) is 3.24. The third-order valence-corrected chi connectivity index (χ3v) is 3.24. The Kier molecular flexibility index (Phi) is 4.72. The van der Waals surface area contributed by atoms with Gasteiger partial charge in [-0.1, -0.05) is 20.8 Å². The molecule has 2 rings (SSSR count). The normalized spacial score (nSPS) is 11.0. The number of amides is 1. The summed E-state index contributed by atoms with van der Waals surface area (Å²) in [6.07, 6.45) is 0. The van der Waals surface area contributed by atoms with Crippen LogP contribution in [-0.2, 0) is 5.41 Å². The fourth-order valence-electron chi connectivity index (χ4n) is 1.88. The average Bonchev–Trinajstić information content (AvgIpc) is 2.54. The fraction of sp³-hybridized carbons (Fsp3) is 0.333. The van der Waals surface area contributed by atoms with Crippen LogP contribution >= 0.6 is 0 Å².